The molecule has 1 unspecified atom stereocenters. The van der Waals surface area contributed by atoms with Crippen LogP contribution in [0.3, 0.4) is 0 Å². The average Bonchev–Trinajstić information content (AvgIpc) is 2.40. The van der Waals surface area contributed by atoms with E-state index < -0.39 is 21.8 Å². The second-order valence-corrected chi connectivity index (χ2v) is 6.58. The Labute approximate surface area is 120 Å². The monoisotopic (exact) mass is 312 g/mol. The maximum Gasteiger partial charge on any atom is 0.306 e. The van der Waals surface area contributed by atoms with E-state index in [0.717, 1.165) is 4.31 Å². The SMILES string of the molecule is COCCC(C)(O)CNS(=O)(=O)N(C)CCC(=O)OC. The third-order valence-corrected chi connectivity index (χ3v) is 4.26. The highest BCUT2D eigenvalue weighted by Gasteiger charge is 2.25. The van der Waals surface area contributed by atoms with Gasteiger partial charge >= 0.3 is 5.97 Å². The standard InChI is InChI=1S/C11H24N2O6S/c1-11(15,6-8-18-3)9-12-20(16,17)13(2)7-5-10(14)19-4/h12,15H,5-9H2,1-4H3. The van der Waals surface area contributed by atoms with E-state index in [2.05, 4.69) is 9.46 Å². The van der Waals surface area contributed by atoms with Crippen molar-refractivity contribution in [2.45, 2.75) is 25.4 Å². The van der Waals surface area contributed by atoms with Crippen molar-refractivity contribution in [3.63, 3.8) is 0 Å². The summed E-state index contributed by atoms with van der Waals surface area (Å²) in [6.07, 6.45) is 0.270. The summed E-state index contributed by atoms with van der Waals surface area (Å²) < 4.78 is 36.3. The van der Waals surface area contributed by atoms with E-state index in [1.54, 1.807) is 0 Å². The molecule has 20 heavy (non-hydrogen) atoms. The number of rotatable bonds is 10. The summed E-state index contributed by atoms with van der Waals surface area (Å²) in [5, 5.41) is 9.95. The Bertz CT molecular complexity index is 396. The van der Waals surface area contributed by atoms with Crippen LogP contribution >= 0.6 is 0 Å². The predicted molar refractivity (Wildman–Crippen MR) is 73.3 cm³/mol. The molecule has 0 aliphatic rings. The molecule has 2 N–H and O–H groups in total. The molecule has 0 saturated carbocycles. The van der Waals surface area contributed by atoms with Crippen LogP contribution < -0.4 is 4.72 Å². The smallest absolute Gasteiger partial charge is 0.306 e. The van der Waals surface area contributed by atoms with Gasteiger partial charge in [-0.1, -0.05) is 0 Å². The molecule has 0 radical (unpaired) electrons. The largest absolute Gasteiger partial charge is 0.469 e. The lowest BCUT2D eigenvalue weighted by molar-refractivity contribution is -0.140. The highest BCUT2D eigenvalue weighted by molar-refractivity contribution is 7.87. The maximum atomic E-state index is 11.9. The average molecular weight is 312 g/mol. The molecule has 9 heteroatoms. The van der Waals surface area contributed by atoms with Crippen LogP contribution in [0.2, 0.25) is 0 Å². The van der Waals surface area contributed by atoms with Gasteiger partial charge in [-0.15, -0.1) is 0 Å². The van der Waals surface area contributed by atoms with Gasteiger partial charge in [-0.25, -0.2) is 0 Å². The van der Waals surface area contributed by atoms with E-state index in [9.17, 15) is 18.3 Å². The molecule has 0 aliphatic heterocycles. The summed E-state index contributed by atoms with van der Waals surface area (Å²) in [6, 6.07) is 0. The first-order chi connectivity index (χ1) is 9.14. The first-order valence-corrected chi connectivity index (χ1v) is 7.57. The quantitative estimate of drug-likeness (QED) is 0.507. The molecule has 0 spiro atoms. The molecule has 0 aromatic heterocycles. The van der Waals surface area contributed by atoms with Gasteiger partial charge in [-0.05, 0) is 6.92 Å². The predicted octanol–water partition coefficient (Wildman–Crippen LogP) is -0.897. The number of esters is 1. The van der Waals surface area contributed by atoms with Crippen molar-refractivity contribution in [3.8, 4) is 0 Å². The molecule has 0 fully saturated rings. The number of nitrogens with zero attached hydrogens (tertiary/aromatic N) is 1. The molecule has 0 aliphatic carbocycles. The number of hydrogen-bond donors (Lipinski definition) is 2. The van der Waals surface area contributed by atoms with Gasteiger partial charge in [-0.3, -0.25) is 4.79 Å². The van der Waals surface area contributed by atoms with Crippen LogP contribution in [0.4, 0.5) is 0 Å². The summed E-state index contributed by atoms with van der Waals surface area (Å²) in [6.45, 7) is 1.71. The molecule has 1 atom stereocenters. The number of aliphatic hydroxyl groups is 1. The van der Waals surface area contributed by atoms with Gasteiger partial charge in [0.05, 0.1) is 19.1 Å². The summed E-state index contributed by atoms with van der Waals surface area (Å²) >= 11 is 0. The van der Waals surface area contributed by atoms with E-state index in [4.69, 9.17) is 4.74 Å². The van der Waals surface area contributed by atoms with Crippen molar-refractivity contribution in [3.05, 3.63) is 0 Å². The van der Waals surface area contributed by atoms with Crippen molar-refractivity contribution >= 4 is 16.2 Å². The zero-order chi connectivity index (χ0) is 15.8. The molecule has 0 heterocycles. The number of carbonyl (C=O) groups excluding carboxylic acids is 1. The number of nitrogens with one attached hydrogen (secondary N) is 1. The van der Waals surface area contributed by atoms with Crippen molar-refractivity contribution in [2.75, 3.05) is 41.0 Å². The van der Waals surface area contributed by atoms with Gasteiger partial charge in [0.2, 0.25) is 0 Å². The van der Waals surface area contributed by atoms with Gasteiger partial charge in [0.1, 0.15) is 0 Å². The topological polar surface area (TPSA) is 105 Å². The van der Waals surface area contributed by atoms with Crippen molar-refractivity contribution in [1.29, 1.82) is 0 Å². The Morgan fingerprint density at radius 1 is 1.40 bits per heavy atom. The Morgan fingerprint density at radius 3 is 2.50 bits per heavy atom. The second kappa shape index (κ2) is 8.53. The molecule has 8 nitrogen and oxygen atoms in total. The lowest BCUT2D eigenvalue weighted by Gasteiger charge is -2.25. The zero-order valence-corrected chi connectivity index (χ0v) is 13.2. The van der Waals surface area contributed by atoms with Crippen molar-refractivity contribution in [2.24, 2.45) is 0 Å². The third-order valence-electron chi connectivity index (χ3n) is 2.75. The van der Waals surface area contributed by atoms with E-state index >= 15 is 0 Å². The molecule has 0 bridgehead atoms. The van der Waals surface area contributed by atoms with Crippen LogP contribution in [0.15, 0.2) is 0 Å². The first kappa shape index (κ1) is 19.3. The Balaban J connectivity index is 4.33. The second-order valence-electron chi connectivity index (χ2n) is 4.71. The van der Waals surface area contributed by atoms with Crippen LogP contribution in [0, 0.1) is 0 Å². The minimum atomic E-state index is -3.75. The van der Waals surface area contributed by atoms with E-state index in [1.807, 2.05) is 0 Å². The molecular formula is C11H24N2O6S. The minimum absolute atomic E-state index is 0.00220. The van der Waals surface area contributed by atoms with Gasteiger partial charge < -0.3 is 14.6 Å². The number of methoxy groups -OCH3 is 2. The minimum Gasteiger partial charge on any atom is -0.469 e. The van der Waals surface area contributed by atoms with Crippen LogP contribution in [-0.4, -0.2) is 70.4 Å². The lowest BCUT2D eigenvalue weighted by Crippen LogP contribution is -2.46. The fourth-order valence-corrected chi connectivity index (χ4v) is 2.28. The molecule has 0 rings (SSSR count). The number of hydrogen-bond acceptors (Lipinski definition) is 6. The van der Waals surface area contributed by atoms with Gasteiger partial charge in [0, 0.05) is 40.3 Å². The Kier molecular flexibility index (Phi) is 8.21. The van der Waals surface area contributed by atoms with Crippen LogP contribution in [0.5, 0.6) is 0 Å². The van der Waals surface area contributed by atoms with E-state index in [-0.39, 0.29) is 19.5 Å². The molecule has 0 amide bonds. The summed E-state index contributed by atoms with van der Waals surface area (Å²) in [4.78, 5) is 11.0. The molecular weight excluding hydrogens is 288 g/mol. The summed E-state index contributed by atoms with van der Waals surface area (Å²) in [5.74, 6) is -0.487. The molecule has 0 aromatic rings. The Morgan fingerprint density at radius 2 is 2.00 bits per heavy atom. The van der Waals surface area contributed by atoms with E-state index in [1.165, 1.54) is 28.2 Å². The molecule has 0 saturated heterocycles. The maximum absolute atomic E-state index is 11.9. The van der Waals surface area contributed by atoms with Gasteiger partial charge in [0.25, 0.3) is 10.2 Å². The lowest BCUT2D eigenvalue weighted by atomic mass is 10.0. The fraction of sp³-hybridized carbons (Fsp3) is 0.909. The number of carbonyl (C=O) groups is 1. The fourth-order valence-electron chi connectivity index (χ4n) is 1.24. The normalized spacial score (nSPS) is 15.1. The van der Waals surface area contributed by atoms with Gasteiger partial charge in [-0.2, -0.15) is 17.4 Å². The van der Waals surface area contributed by atoms with Crippen molar-refractivity contribution < 1.29 is 27.8 Å². The van der Waals surface area contributed by atoms with Crippen molar-refractivity contribution in [1.82, 2.24) is 9.03 Å². The first-order valence-electron chi connectivity index (χ1n) is 6.13. The van der Waals surface area contributed by atoms with Crippen LogP contribution in [-0.2, 0) is 24.5 Å². The van der Waals surface area contributed by atoms with Crippen LogP contribution in [0.1, 0.15) is 19.8 Å². The van der Waals surface area contributed by atoms with Gasteiger partial charge in [0.15, 0.2) is 0 Å². The van der Waals surface area contributed by atoms with Crippen LogP contribution in [0.25, 0.3) is 0 Å². The summed E-state index contributed by atoms with van der Waals surface area (Å²) in [7, 11) is 0.334. The Hall–Kier alpha value is -0.740. The number of ether oxygens (including phenoxy) is 2. The zero-order valence-electron chi connectivity index (χ0n) is 12.4. The highest BCUT2D eigenvalue weighted by Crippen LogP contribution is 2.09. The third kappa shape index (κ3) is 7.75. The highest BCUT2D eigenvalue weighted by atomic mass is 32.2. The molecule has 120 valence electrons. The van der Waals surface area contributed by atoms with E-state index in [0.29, 0.717) is 13.0 Å². The molecule has 0 aromatic carbocycles. The summed E-state index contributed by atoms with van der Waals surface area (Å²) in [5.41, 5.74) is -1.20.